The zero-order valence-electron chi connectivity index (χ0n) is 16.2. The summed E-state index contributed by atoms with van der Waals surface area (Å²) in [5.74, 6) is 1.67. The quantitative estimate of drug-likeness (QED) is 0.671. The molecule has 0 fully saturated rings. The third-order valence-corrected chi connectivity index (χ3v) is 4.39. The van der Waals surface area contributed by atoms with Crippen molar-refractivity contribution in [2.24, 2.45) is 0 Å². The van der Waals surface area contributed by atoms with Crippen molar-refractivity contribution in [3.05, 3.63) is 65.2 Å². The summed E-state index contributed by atoms with van der Waals surface area (Å²) < 4.78 is 10.4. The zero-order valence-corrected chi connectivity index (χ0v) is 16.2. The molecule has 0 aliphatic heterocycles. The fourth-order valence-corrected chi connectivity index (χ4v) is 2.62. The summed E-state index contributed by atoms with van der Waals surface area (Å²) in [6.45, 7) is 4.10. The van der Waals surface area contributed by atoms with Gasteiger partial charge >= 0.3 is 0 Å². The second-order valence-electron chi connectivity index (χ2n) is 6.23. The van der Waals surface area contributed by atoms with Gasteiger partial charge in [0, 0.05) is 17.3 Å². The number of hydrogen-bond acceptors (Lipinski definition) is 6. The van der Waals surface area contributed by atoms with E-state index in [1.807, 2.05) is 19.1 Å². The molecule has 7 nitrogen and oxygen atoms in total. The number of hydrogen-bond donors (Lipinski definition) is 2. The topological polar surface area (TPSA) is 85.4 Å². The Hall–Kier alpha value is -3.61. The summed E-state index contributed by atoms with van der Waals surface area (Å²) in [5, 5.41) is 14.2. The highest BCUT2D eigenvalue weighted by Gasteiger charge is 2.11. The maximum absolute atomic E-state index is 12.5. The van der Waals surface area contributed by atoms with Crippen LogP contribution in [0, 0.1) is 13.8 Å². The Morgan fingerprint density at radius 2 is 1.54 bits per heavy atom. The summed E-state index contributed by atoms with van der Waals surface area (Å²) in [6, 6.07) is 14.4. The molecule has 144 valence electrons. The normalized spacial score (nSPS) is 10.3. The molecule has 0 spiro atoms. The summed E-state index contributed by atoms with van der Waals surface area (Å²) in [4.78, 5) is 12.5. The van der Waals surface area contributed by atoms with Gasteiger partial charge < -0.3 is 20.1 Å². The summed E-state index contributed by atoms with van der Waals surface area (Å²) in [7, 11) is 3.06. The van der Waals surface area contributed by atoms with E-state index in [4.69, 9.17) is 9.47 Å². The van der Waals surface area contributed by atoms with Crippen molar-refractivity contribution < 1.29 is 14.3 Å². The molecule has 2 aromatic carbocycles. The first-order valence-electron chi connectivity index (χ1n) is 8.71. The minimum Gasteiger partial charge on any atom is -0.497 e. The molecule has 0 saturated carbocycles. The van der Waals surface area contributed by atoms with Gasteiger partial charge in [-0.1, -0.05) is 12.1 Å². The monoisotopic (exact) mass is 378 g/mol. The Morgan fingerprint density at radius 3 is 2.14 bits per heavy atom. The molecule has 1 aromatic heterocycles. The first-order chi connectivity index (χ1) is 13.5. The van der Waals surface area contributed by atoms with E-state index in [0.29, 0.717) is 28.7 Å². The molecule has 0 aliphatic rings. The van der Waals surface area contributed by atoms with Crippen LogP contribution in [0.15, 0.2) is 48.5 Å². The number of methoxy groups -OCH3 is 2. The number of ether oxygens (including phenoxy) is 2. The van der Waals surface area contributed by atoms with Crippen LogP contribution in [0.5, 0.6) is 11.5 Å². The number of aryl methyl sites for hydroxylation is 1. The smallest absolute Gasteiger partial charge is 0.257 e. The van der Waals surface area contributed by atoms with E-state index >= 15 is 0 Å². The number of carbonyl (C=O) groups is 1. The van der Waals surface area contributed by atoms with Gasteiger partial charge in [-0.15, -0.1) is 10.2 Å². The second-order valence-corrected chi connectivity index (χ2v) is 6.23. The highest BCUT2D eigenvalue weighted by molar-refractivity contribution is 6.04. The first-order valence-corrected chi connectivity index (χ1v) is 8.71. The van der Waals surface area contributed by atoms with E-state index in [2.05, 4.69) is 33.8 Å². The van der Waals surface area contributed by atoms with Gasteiger partial charge in [0.2, 0.25) is 0 Å². The van der Waals surface area contributed by atoms with E-state index in [-0.39, 0.29) is 5.91 Å². The molecule has 1 heterocycles. The number of benzene rings is 2. The average molecular weight is 378 g/mol. The Labute approximate surface area is 163 Å². The number of carbonyl (C=O) groups excluding carboxylic acids is 1. The van der Waals surface area contributed by atoms with Crippen molar-refractivity contribution in [2.45, 2.75) is 13.8 Å². The molecule has 2 N–H and O–H groups in total. The Morgan fingerprint density at radius 1 is 0.893 bits per heavy atom. The second kappa shape index (κ2) is 8.39. The van der Waals surface area contributed by atoms with Crippen LogP contribution in [-0.4, -0.2) is 30.3 Å². The standard InChI is InChI=1S/C21H22N4O3/c1-13-6-5-7-18(14(13)2)22-19-8-9-20(25-24-19)23-21(26)15-10-16(27-3)12-17(11-15)28-4/h5-12H,1-4H3,(H,22,24)(H,23,25,26). The maximum Gasteiger partial charge on any atom is 0.257 e. The summed E-state index contributed by atoms with van der Waals surface area (Å²) in [5.41, 5.74) is 3.70. The van der Waals surface area contributed by atoms with E-state index in [1.54, 1.807) is 30.3 Å². The molecule has 0 unspecified atom stereocenters. The fraction of sp³-hybridized carbons (Fsp3) is 0.190. The van der Waals surface area contributed by atoms with Crippen molar-refractivity contribution in [1.29, 1.82) is 0 Å². The third-order valence-electron chi connectivity index (χ3n) is 4.39. The number of anilines is 3. The van der Waals surface area contributed by atoms with Crippen molar-refractivity contribution in [3.63, 3.8) is 0 Å². The average Bonchev–Trinajstić information content (AvgIpc) is 2.72. The lowest BCUT2D eigenvalue weighted by molar-refractivity contribution is 0.102. The van der Waals surface area contributed by atoms with Gasteiger partial charge in [-0.2, -0.15) is 0 Å². The molecule has 0 aliphatic carbocycles. The number of nitrogens with zero attached hydrogens (tertiary/aromatic N) is 2. The van der Waals surface area contributed by atoms with Gasteiger partial charge in [-0.25, -0.2) is 0 Å². The van der Waals surface area contributed by atoms with Gasteiger partial charge in [0.1, 0.15) is 11.5 Å². The highest BCUT2D eigenvalue weighted by atomic mass is 16.5. The molecule has 3 aromatic rings. The maximum atomic E-state index is 12.5. The number of rotatable bonds is 6. The lowest BCUT2D eigenvalue weighted by atomic mass is 10.1. The lowest BCUT2D eigenvalue weighted by Gasteiger charge is -2.11. The number of aromatic nitrogens is 2. The predicted octanol–water partition coefficient (Wildman–Crippen LogP) is 4.11. The fourth-order valence-electron chi connectivity index (χ4n) is 2.62. The zero-order chi connectivity index (χ0) is 20.1. The third kappa shape index (κ3) is 4.37. The molecule has 0 atom stereocenters. The van der Waals surface area contributed by atoms with Gasteiger partial charge in [-0.05, 0) is 55.3 Å². The van der Waals surface area contributed by atoms with Crippen LogP contribution in [-0.2, 0) is 0 Å². The van der Waals surface area contributed by atoms with Crippen LogP contribution in [0.2, 0.25) is 0 Å². The largest absolute Gasteiger partial charge is 0.497 e. The van der Waals surface area contributed by atoms with Crippen LogP contribution in [0.4, 0.5) is 17.3 Å². The van der Waals surface area contributed by atoms with Gasteiger partial charge in [-0.3, -0.25) is 4.79 Å². The van der Waals surface area contributed by atoms with Crippen LogP contribution >= 0.6 is 0 Å². The van der Waals surface area contributed by atoms with Crippen LogP contribution in [0.25, 0.3) is 0 Å². The SMILES string of the molecule is COc1cc(OC)cc(C(=O)Nc2ccc(Nc3cccc(C)c3C)nn2)c1. The molecule has 0 radical (unpaired) electrons. The Kier molecular flexibility index (Phi) is 5.74. The summed E-state index contributed by atoms with van der Waals surface area (Å²) in [6.07, 6.45) is 0. The Balaban J connectivity index is 1.72. The van der Waals surface area contributed by atoms with E-state index in [9.17, 15) is 4.79 Å². The van der Waals surface area contributed by atoms with Gasteiger partial charge in [0.25, 0.3) is 5.91 Å². The molecular weight excluding hydrogens is 356 g/mol. The lowest BCUT2D eigenvalue weighted by Crippen LogP contribution is -2.14. The number of nitrogens with one attached hydrogen (secondary N) is 2. The van der Waals surface area contributed by atoms with Crippen LogP contribution in [0.3, 0.4) is 0 Å². The molecular formula is C21H22N4O3. The predicted molar refractivity (Wildman–Crippen MR) is 109 cm³/mol. The molecule has 1 amide bonds. The molecule has 7 heteroatoms. The molecule has 0 bridgehead atoms. The molecule has 28 heavy (non-hydrogen) atoms. The highest BCUT2D eigenvalue weighted by Crippen LogP contribution is 2.24. The Bertz CT molecular complexity index is 965. The van der Waals surface area contributed by atoms with Crippen molar-refractivity contribution >= 4 is 23.2 Å². The van der Waals surface area contributed by atoms with Crippen LogP contribution < -0.4 is 20.1 Å². The van der Waals surface area contributed by atoms with E-state index < -0.39 is 0 Å². The minimum absolute atomic E-state index is 0.332. The van der Waals surface area contributed by atoms with Gasteiger partial charge in [0.05, 0.1) is 14.2 Å². The minimum atomic E-state index is -0.332. The molecule has 3 rings (SSSR count). The first kappa shape index (κ1) is 19.2. The van der Waals surface area contributed by atoms with Crippen LogP contribution in [0.1, 0.15) is 21.5 Å². The number of amides is 1. The van der Waals surface area contributed by atoms with Crippen molar-refractivity contribution in [1.82, 2.24) is 10.2 Å². The van der Waals surface area contributed by atoms with E-state index in [1.165, 1.54) is 19.8 Å². The molecule has 0 saturated heterocycles. The van der Waals surface area contributed by atoms with Crippen molar-refractivity contribution in [2.75, 3.05) is 24.9 Å². The van der Waals surface area contributed by atoms with E-state index in [0.717, 1.165) is 11.3 Å². The van der Waals surface area contributed by atoms with Crippen molar-refractivity contribution in [3.8, 4) is 11.5 Å². The summed E-state index contributed by atoms with van der Waals surface area (Å²) >= 11 is 0. The van der Waals surface area contributed by atoms with Gasteiger partial charge in [0.15, 0.2) is 11.6 Å².